The van der Waals surface area contributed by atoms with Crippen LogP contribution in [0.1, 0.15) is 10.4 Å². The molecule has 0 radical (unpaired) electrons. The quantitative estimate of drug-likeness (QED) is 0.606. The van der Waals surface area contributed by atoms with E-state index in [9.17, 15) is 14.9 Å². The maximum absolute atomic E-state index is 10.9. The third kappa shape index (κ3) is 2.40. The average molecular weight is 251 g/mol. The molecule has 1 fully saturated rings. The van der Waals surface area contributed by atoms with Gasteiger partial charge in [-0.1, -0.05) is 0 Å². The van der Waals surface area contributed by atoms with Crippen LogP contribution in [0.15, 0.2) is 18.2 Å². The van der Waals surface area contributed by atoms with Crippen LogP contribution in [0.2, 0.25) is 0 Å². The molecule has 0 atom stereocenters. The van der Waals surface area contributed by atoms with E-state index in [1.54, 1.807) is 6.07 Å². The molecule has 1 aromatic carbocycles. The van der Waals surface area contributed by atoms with Crippen LogP contribution in [-0.2, 0) is 0 Å². The number of anilines is 1. The third-order valence-corrected chi connectivity index (χ3v) is 2.89. The Hall–Kier alpha value is -2.15. The highest BCUT2D eigenvalue weighted by Crippen LogP contribution is 2.25. The Kier molecular flexibility index (Phi) is 3.42. The number of carboxylic acids is 1. The summed E-state index contributed by atoms with van der Waals surface area (Å²) >= 11 is 0. The minimum atomic E-state index is -1.28. The average Bonchev–Trinajstić information content (AvgIpc) is 2.39. The van der Waals surface area contributed by atoms with E-state index in [2.05, 4.69) is 5.32 Å². The van der Waals surface area contributed by atoms with Crippen molar-refractivity contribution in [2.75, 3.05) is 31.1 Å². The van der Waals surface area contributed by atoms with Crippen molar-refractivity contribution in [1.82, 2.24) is 5.32 Å². The first-order valence-corrected chi connectivity index (χ1v) is 5.57. The van der Waals surface area contributed by atoms with Crippen LogP contribution < -0.4 is 10.2 Å². The summed E-state index contributed by atoms with van der Waals surface area (Å²) in [5, 5.41) is 22.9. The van der Waals surface area contributed by atoms with Gasteiger partial charge in [0.25, 0.3) is 5.69 Å². The smallest absolute Gasteiger partial charge is 0.342 e. The van der Waals surface area contributed by atoms with Crippen molar-refractivity contribution in [1.29, 1.82) is 0 Å². The summed E-state index contributed by atoms with van der Waals surface area (Å²) in [7, 11) is 0. The number of piperazine rings is 1. The molecule has 7 heteroatoms. The van der Waals surface area contributed by atoms with Gasteiger partial charge in [-0.25, -0.2) is 4.79 Å². The predicted octanol–water partition coefficient (Wildman–Crippen LogP) is 0.703. The van der Waals surface area contributed by atoms with Crippen LogP contribution in [-0.4, -0.2) is 42.2 Å². The summed E-state index contributed by atoms with van der Waals surface area (Å²) in [5.74, 6) is -1.28. The second kappa shape index (κ2) is 5.01. The molecule has 1 aliphatic rings. The van der Waals surface area contributed by atoms with Crippen molar-refractivity contribution >= 4 is 17.3 Å². The molecule has 0 aromatic heterocycles. The lowest BCUT2D eigenvalue weighted by Gasteiger charge is -2.29. The lowest BCUT2D eigenvalue weighted by Crippen LogP contribution is -2.43. The number of aromatic carboxylic acids is 1. The van der Waals surface area contributed by atoms with Gasteiger partial charge in [-0.2, -0.15) is 0 Å². The lowest BCUT2D eigenvalue weighted by atomic mass is 10.1. The Morgan fingerprint density at radius 1 is 1.39 bits per heavy atom. The largest absolute Gasteiger partial charge is 0.477 e. The normalized spacial score (nSPS) is 15.4. The monoisotopic (exact) mass is 251 g/mol. The zero-order chi connectivity index (χ0) is 13.1. The molecule has 2 rings (SSSR count). The van der Waals surface area contributed by atoms with E-state index >= 15 is 0 Å². The van der Waals surface area contributed by atoms with Crippen LogP contribution in [0.4, 0.5) is 11.4 Å². The third-order valence-electron chi connectivity index (χ3n) is 2.89. The summed E-state index contributed by atoms with van der Waals surface area (Å²) in [6, 6.07) is 4.23. The minimum absolute atomic E-state index is 0.279. The van der Waals surface area contributed by atoms with Gasteiger partial charge in [-0.05, 0) is 12.1 Å². The molecular weight excluding hydrogens is 238 g/mol. The number of carboxylic acid groups (broad SMARTS) is 1. The maximum Gasteiger partial charge on any atom is 0.342 e. The molecule has 0 bridgehead atoms. The molecule has 1 aromatic rings. The summed E-state index contributed by atoms with van der Waals surface area (Å²) in [4.78, 5) is 23.1. The summed E-state index contributed by atoms with van der Waals surface area (Å²) in [6.07, 6.45) is 0. The summed E-state index contributed by atoms with van der Waals surface area (Å²) < 4.78 is 0. The second-order valence-electron chi connectivity index (χ2n) is 4.00. The molecule has 1 aliphatic heterocycles. The van der Waals surface area contributed by atoms with E-state index in [1.807, 2.05) is 4.90 Å². The number of nitro benzene ring substituents is 1. The number of carbonyl (C=O) groups is 1. The molecular formula is C11H13N3O4. The summed E-state index contributed by atoms with van der Waals surface area (Å²) in [6.45, 7) is 3.14. The Labute approximate surface area is 103 Å². The van der Waals surface area contributed by atoms with E-state index < -0.39 is 10.9 Å². The minimum Gasteiger partial charge on any atom is -0.477 e. The van der Waals surface area contributed by atoms with Crippen molar-refractivity contribution < 1.29 is 14.8 Å². The Balaban J connectivity index is 2.36. The standard InChI is InChI=1S/C11H13N3O4/c15-11(16)9-2-1-8(7-10(9)14(17)18)13-5-3-12-4-6-13/h1-2,7,12H,3-6H2,(H,15,16). The highest BCUT2D eigenvalue weighted by molar-refractivity contribution is 5.93. The Bertz CT molecular complexity index is 483. The maximum atomic E-state index is 10.9. The van der Waals surface area contributed by atoms with Crippen LogP contribution >= 0.6 is 0 Å². The van der Waals surface area contributed by atoms with Crippen LogP contribution in [0.25, 0.3) is 0 Å². The number of nitro groups is 1. The first-order valence-electron chi connectivity index (χ1n) is 5.57. The Morgan fingerprint density at radius 2 is 2.06 bits per heavy atom. The molecule has 7 nitrogen and oxygen atoms in total. The Morgan fingerprint density at radius 3 is 2.61 bits per heavy atom. The zero-order valence-electron chi connectivity index (χ0n) is 9.63. The molecule has 0 aliphatic carbocycles. The molecule has 1 saturated heterocycles. The van der Waals surface area contributed by atoms with Crippen molar-refractivity contribution in [3.63, 3.8) is 0 Å². The van der Waals surface area contributed by atoms with Gasteiger partial charge in [0.1, 0.15) is 5.56 Å². The van der Waals surface area contributed by atoms with Gasteiger partial charge in [0.15, 0.2) is 0 Å². The SMILES string of the molecule is O=C(O)c1ccc(N2CCNCC2)cc1[N+](=O)[O-]. The predicted molar refractivity (Wildman–Crippen MR) is 65.1 cm³/mol. The highest BCUT2D eigenvalue weighted by Gasteiger charge is 2.22. The van der Waals surface area contributed by atoms with Crippen molar-refractivity contribution in [3.05, 3.63) is 33.9 Å². The van der Waals surface area contributed by atoms with Crippen molar-refractivity contribution in [2.24, 2.45) is 0 Å². The fraction of sp³-hybridized carbons (Fsp3) is 0.364. The van der Waals surface area contributed by atoms with Crippen LogP contribution in [0.3, 0.4) is 0 Å². The van der Waals surface area contributed by atoms with Gasteiger partial charge in [-0.3, -0.25) is 10.1 Å². The topological polar surface area (TPSA) is 95.7 Å². The molecule has 0 saturated carbocycles. The van der Waals surface area contributed by atoms with Gasteiger partial charge in [0.2, 0.25) is 0 Å². The van der Waals surface area contributed by atoms with Gasteiger partial charge < -0.3 is 15.3 Å². The number of nitrogens with zero attached hydrogens (tertiary/aromatic N) is 2. The number of nitrogens with one attached hydrogen (secondary N) is 1. The van der Waals surface area contributed by atoms with E-state index in [4.69, 9.17) is 5.11 Å². The highest BCUT2D eigenvalue weighted by atomic mass is 16.6. The second-order valence-corrected chi connectivity index (χ2v) is 4.00. The molecule has 18 heavy (non-hydrogen) atoms. The molecule has 2 N–H and O–H groups in total. The first-order chi connectivity index (χ1) is 8.59. The van der Waals surface area contributed by atoms with Crippen molar-refractivity contribution in [3.8, 4) is 0 Å². The lowest BCUT2D eigenvalue weighted by molar-refractivity contribution is -0.385. The fourth-order valence-electron chi connectivity index (χ4n) is 1.97. The number of hydrogen-bond donors (Lipinski definition) is 2. The van der Waals surface area contributed by atoms with Crippen molar-refractivity contribution in [2.45, 2.75) is 0 Å². The van der Waals surface area contributed by atoms with Crippen LogP contribution in [0, 0.1) is 10.1 Å². The van der Waals surface area contributed by atoms with Gasteiger partial charge in [-0.15, -0.1) is 0 Å². The molecule has 96 valence electrons. The van der Waals surface area contributed by atoms with E-state index in [1.165, 1.54) is 12.1 Å². The molecule has 0 spiro atoms. The summed E-state index contributed by atoms with van der Waals surface area (Å²) in [5.41, 5.74) is 0.0469. The fourth-order valence-corrected chi connectivity index (χ4v) is 1.97. The van der Waals surface area contributed by atoms with E-state index in [0.717, 1.165) is 26.2 Å². The number of benzene rings is 1. The number of rotatable bonds is 3. The first kappa shape index (κ1) is 12.3. The molecule has 0 amide bonds. The van der Waals surface area contributed by atoms with Gasteiger partial charge >= 0.3 is 5.97 Å². The molecule has 1 heterocycles. The molecule has 0 unspecified atom stereocenters. The van der Waals surface area contributed by atoms with E-state index in [0.29, 0.717) is 5.69 Å². The van der Waals surface area contributed by atoms with Crippen LogP contribution in [0.5, 0.6) is 0 Å². The van der Waals surface area contributed by atoms with Gasteiger partial charge in [0.05, 0.1) is 4.92 Å². The van der Waals surface area contributed by atoms with E-state index in [-0.39, 0.29) is 11.3 Å². The van der Waals surface area contributed by atoms with Gasteiger partial charge in [0, 0.05) is 37.9 Å². The number of hydrogen-bond acceptors (Lipinski definition) is 5. The zero-order valence-corrected chi connectivity index (χ0v) is 9.63.